The lowest BCUT2D eigenvalue weighted by molar-refractivity contribution is -0.175. The van der Waals surface area contributed by atoms with Crippen LogP contribution in [0.4, 0.5) is 18.9 Å². The number of halogens is 3. The summed E-state index contributed by atoms with van der Waals surface area (Å²) in [5, 5.41) is 2.52. The van der Waals surface area contributed by atoms with Gasteiger partial charge in [-0.15, -0.1) is 0 Å². The van der Waals surface area contributed by atoms with E-state index in [1.807, 2.05) is 0 Å². The van der Waals surface area contributed by atoms with Gasteiger partial charge in [-0.05, 0) is 43.0 Å². The number of carbonyl (C=O) groups excluding carboxylic acids is 2. The molecule has 6 heteroatoms. The van der Waals surface area contributed by atoms with E-state index in [0.29, 0.717) is 18.5 Å². The summed E-state index contributed by atoms with van der Waals surface area (Å²) in [4.78, 5) is 23.4. The number of amides is 1. The van der Waals surface area contributed by atoms with Crippen molar-refractivity contribution in [2.75, 3.05) is 5.32 Å². The van der Waals surface area contributed by atoms with E-state index in [-0.39, 0.29) is 11.5 Å². The third kappa shape index (κ3) is 4.56. The van der Waals surface area contributed by atoms with E-state index in [2.05, 4.69) is 5.32 Å². The maximum absolute atomic E-state index is 13.4. The maximum Gasteiger partial charge on any atom is 0.399 e. The van der Waals surface area contributed by atoms with Crippen molar-refractivity contribution < 1.29 is 22.8 Å². The second-order valence-corrected chi connectivity index (χ2v) is 6.04. The molecule has 1 aromatic rings. The van der Waals surface area contributed by atoms with Gasteiger partial charge >= 0.3 is 6.18 Å². The van der Waals surface area contributed by atoms with Crippen LogP contribution in [0.15, 0.2) is 24.3 Å². The number of hydrogen-bond donors (Lipinski definition) is 1. The van der Waals surface area contributed by atoms with Crippen LogP contribution in [-0.4, -0.2) is 17.9 Å². The molecular weight excluding hydrogens is 307 g/mol. The Morgan fingerprint density at radius 1 is 1.09 bits per heavy atom. The second-order valence-electron chi connectivity index (χ2n) is 6.04. The molecule has 0 heterocycles. The fraction of sp³-hybridized carbons (Fsp3) is 0.529. The van der Waals surface area contributed by atoms with Gasteiger partial charge in [-0.25, -0.2) is 0 Å². The van der Waals surface area contributed by atoms with Crippen molar-refractivity contribution in [1.29, 1.82) is 0 Å². The minimum Gasteiger partial charge on any atom is -0.326 e. The molecule has 1 fully saturated rings. The van der Waals surface area contributed by atoms with Crippen LogP contribution in [0, 0.1) is 11.8 Å². The zero-order chi connectivity index (χ0) is 17.0. The number of ketones is 1. The molecule has 1 aromatic carbocycles. The molecule has 1 aliphatic rings. The van der Waals surface area contributed by atoms with Gasteiger partial charge in [-0.2, -0.15) is 13.2 Å². The number of Topliss-reactive ketones (excluding diaryl/α,β-unsaturated/α-hetero) is 1. The number of benzene rings is 1. The van der Waals surface area contributed by atoms with Crippen LogP contribution in [0.3, 0.4) is 0 Å². The number of alkyl halides is 3. The summed E-state index contributed by atoms with van der Waals surface area (Å²) in [5.74, 6) is -3.72. The average molecular weight is 327 g/mol. The molecule has 0 bridgehead atoms. The largest absolute Gasteiger partial charge is 0.399 e. The summed E-state index contributed by atoms with van der Waals surface area (Å²) in [6, 6.07) is 5.58. The van der Waals surface area contributed by atoms with Gasteiger partial charge in [-0.3, -0.25) is 9.59 Å². The number of rotatable bonds is 4. The van der Waals surface area contributed by atoms with Gasteiger partial charge in [-0.1, -0.05) is 19.3 Å². The number of carbonyl (C=O) groups is 2. The molecule has 0 saturated heterocycles. The Morgan fingerprint density at radius 3 is 2.13 bits per heavy atom. The number of nitrogens with one attached hydrogen (secondary N) is 1. The highest BCUT2D eigenvalue weighted by Crippen LogP contribution is 2.41. The summed E-state index contributed by atoms with van der Waals surface area (Å²) in [6.45, 7) is 1.34. The second kappa shape index (κ2) is 7.15. The number of hydrogen-bond acceptors (Lipinski definition) is 2. The van der Waals surface area contributed by atoms with Gasteiger partial charge in [0.1, 0.15) is 5.92 Å². The van der Waals surface area contributed by atoms with E-state index in [1.54, 1.807) is 0 Å². The molecule has 2 rings (SSSR count). The first kappa shape index (κ1) is 17.5. The van der Waals surface area contributed by atoms with Crippen LogP contribution in [0.2, 0.25) is 0 Å². The normalized spacial score (nSPS) is 17.6. The Balaban J connectivity index is 2.21. The third-order valence-corrected chi connectivity index (χ3v) is 4.25. The van der Waals surface area contributed by atoms with Crippen molar-refractivity contribution >= 4 is 17.4 Å². The van der Waals surface area contributed by atoms with E-state index >= 15 is 0 Å². The van der Waals surface area contributed by atoms with Crippen LogP contribution in [0.1, 0.15) is 49.4 Å². The Labute approximate surface area is 133 Å². The molecule has 126 valence electrons. The molecule has 1 aliphatic carbocycles. The Kier molecular flexibility index (Phi) is 5.44. The minimum absolute atomic E-state index is 0.0343. The standard InChI is InChI=1S/C17H20F3NO2/c1-11(22)21-14-9-7-13(8-10-14)16(23)15(17(18,19)20)12-5-3-2-4-6-12/h7-10,12,15H,2-6H2,1H3,(H,21,22). The highest BCUT2D eigenvalue weighted by Gasteiger charge is 2.49. The van der Waals surface area contributed by atoms with Crippen LogP contribution >= 0.6 is 0 Å². The molecule has 1 N–H and O–H groups in total. The first-order valence-electron chi connectivity index (χ1n) is 7.77. The fourth-order valence-electron chi connectivity index (χ4n) is 3.20. The van der Waals surface area contributed by atoms with Gasteiger partial charge in [0, 0.05) is 18.2 Å². The van der Waals surface area contributed by atoms with Gasteiger partial charge in [0.15, 0.2) is 5.78 Å². The van der Waals surface area contributed by atoms with Crippen molar-refractivity contribution in [2.45, 2.75) is 45.2 Å². The Bertz CT molecular complexity index is 560. The van der Waals surface area contributed by atoms with Gasteiger partial charge in [0.05, 0.1) is 0 Å². The lowest BCUT2D eigenvalue weighted by atomic mass is 9.76. The van der Waals surface area contributed by atoms with Crippen molar-refractivity contribution in [3.63, 3.8) is 0 Å². The summed E-state index contributed by atoms with van der Waals surface area (Å²) in [5.41, 5.74) is 0.488. The molecule has 3 nitrogen and oxygen atoms in total. The van der Waals surface area contributed by atoms with Crippen molar-refractivity contribution in [3.05, 3.63) is 29.8 Å². The van der Waals surface area contributed by atoms with Crippen LogP contribution in [0.5, 0.6) is 0 Å². The molecule has 0 aromatic heterocycles. The topological polar surface area (TPSA) is 46.2 Å². The van der Waals surface area contributed by atoms with E-state index in [1.165, 1.54) is 31.2 Å². The average Bonchev–Trinajstić information content (AvgIpc) is 2.47. The predicted molar refractivity (Wildman–Crippen MR) is 81.2 cm³/mol. The first-order chi connectivity index (χ1) is 10.8. The lowest BCUT2D eigenvalue weighted by Crippen LogP contribution is -2.38. The molecule has 1 amide bonds. The lowest BCUT2D eigenvalue weighted by Gasteiger charge is -2.30. The van der Waals surface area contributed by atoms with E-state index in [4.69, 9.17) is 0 Å². The highest BCUT2D eigenvalue weighted by atomic mass is 19.4. The molecule has 23 heavy (non-hydrogen) atoms. The zero-order valence-corrected chi connectivity index (χ0v) is 13.0. The molecule has 0 spiro atoms. The minimum atomic E-state index is -4.53. The van der Waals surface area contributed by atoms with E-state index < -0.39 is 23.8 Å². The van der Waals surface area contributed by atoms with Gasteiger partial charge in [0.2, 0.25) is 5.91 Å². The van der Waals surface area contributed by atoms with Crippen molar-refractivity contribution in [1.82, 2.24) is 0 Å². The summed E-state index contributed by atoms with van der Waals surface area (Å²) >= 11 is 0. The first-order valence-corrected chi connectivity index (χ1v) is 7.77. The van der Waals surface area contributed by atoms with Crippen molar-refractivity contribution in [2.24, 2.45) is 11.8 Å². The Morgan fingerprint density at radius 2 is 1.65 bits per heavy atom. The maximum atomic E-state index is 13.4. The van der Waals surface area contributed by atoms with Gasteiger partial charge < -0.3 is 5.32 Å². The number of anilines is 1. The zero-order valence-electron chi connectivity index (χ0n) is 13.0. The summed E-state index contributed by atoms with van der Waals surface area (Å²) in [7, 11) is 0. The monoisotopic (exact) mass is 327 g/mol. The quantitative estimate of drug-likeness (QED) is 0.822. The SMILES string of the molecule is CC(=O)Nc1ccc(C(=O)C(C2CCCCC2)C(F)(F)F)cc1. The van der Waals surface area contributed by atoms with Crippen LogP contribution in [0.25, 0.3) is 0 Å². The highest BCUT2D eigenvalue weighted by molar-refractivity contribution is 5.99. The van der Waals surface area contributed by atoms with Gasteiger partial charge in [0.25, 0.3) is 0 Å². The van der Waals surface area contributed by atoms with Crippen molar-refractivity contribution in [3.8, 4) is 0 Å². The molecule has 0 aliphatic heterocycles. The predicted octanol–water partition coefficient (Wildman–Crippen LogP) is 4.59. The molecule has 0 radical (unpaired) electrons. The third-order valence-electron chi connectivity index (χ3n) is 4.25. The molecular formula is C17H20F3NO2. The van der Waals surface area contributed by atoms with Crippen LogP contribution < -0.4 is 5.32 Å². The fourth-order valence-corrected chi connectivity index (χ4v) is 3.20. The molecule has 1 atom stereocenters. The van der Waals surface area contributed by atoms with E-state index in [0.717, 1.165) is 19.3 Å². The molecule has 1 saturated carbocycles. The smallest absolute Gasteiger partial charge is 0.326 e. The summed E-state index contributed by atoms with van der Waals surface area (Å²) < 4.78 is 40.2. The molecule has 1 unspecified atom stereocenters. The van der Waals surface area contributed by atoms with E-state index in [9.17, 15) is 22.8 Å². The Hall–Kier alpha value is -1.85. The van der Waals surface area contributed by atoms with Crippen LogP contribution in [-0.2, 0) is 4.79 Å². The summed E-state index contributed by atoms with van der Waals surface area (Å²) in [6.07, 6.45) is -1.23.